The van der Waals surface area contributed by atoms with Crippen LogP contribution in [0.5, 0.6) is 0 Å². The molecule has 0 amide bonds. The summed E-state index contributed by atoms with van der Waals surface area (Å²) in [5, 5.41) is 3.77. The highest BCUT2D eigenvalue weighted by atomic mass is 35.5. The minimum atomic E-state index is -2.89. The fraction of sp³-hybridized carbons (Fsp3) is 0.615. The molecule has 1 atom stereocenters. The summed E-state index contributed by atoms with van der Waals surface area (Å²) >= 11 is 6.18. The van der Waals surface area contributed by atoms with Gasteiger partial charge in [0.25, 0.3) is 0 Å². The maximum absolute atomic E-state index is 11.6. The van der Waals surface area contributed by atoms with Gasteiger partial charge in [-0.2, -0.15) is 0 Å². The fourth-order valence-corrected chi connectivity index (χ4v) is 4.13. The predicted octanol–water partition coefficient (Wildman–Crippen LogP) is 1.79. The Bertz CT molecular complexity index is 577. The topological polar surface area (TPSA) is 62.3 Å². The smallest absolute Gasteiger partial charge is 0.153 e. The van der Waals surface area contributed by atoms with Gasteiger partial charge < -0.3 is 5.32 Å². The third-order valence-electron chi connectivity index (χ3n) is 3.44. The predicted molar refractivity (Wildman–Crippen MR) is 81.9 cm³/mol. The first-order chi connectivity index (χ1) is 9.41. The van der Waals surface area contributed by atoms with E-state index in [1.54, 1.807) is 0 Å². The Hall–Kier alpha value is -0.850. The first-order valence-corrected chi connectivity index (χ1v) is 8.95. The van der Waals surface area contributed by atoms with Gasteiger partial charge in [0.15, 0.2) is 9.84 Å². The molecule has 1 fully saturated rings. The molecule has 0 bridgehead atoms. The number of halogens is 1. The summed E-state index contributed by atoms with van der Waals surface area (Å²) in [6, 6.07) is 3.67. The van der Waals surface area contributed by atoms with Crippen LogP contribution in [0.1, 0.15) is 19.5 Å². The molecular formula is C13H20ClN3O2S. The van der Waals surface area contributed by atoms with Gasteiger partial charge in [0, 0.05) is 25.7 Å². The quantitative estimate of drug-likeness (QED) is 0.917. The largest absolute Gasteiger partial charge is 0.370 e. The van der Waals surface area contributed by atoms with E-state index in [0.717, 1.165) is 18.1 Å². The van der Waals surface area contributed by atoms with Crippen LogP contribution >= 0.6 is 11.6 Å². The highest BCUT2D eigenvalue weighted by Crippen LogP contribution is 2.21. The van der Waals surface area contributed by atoms with Gasteiger partial charge in [-0.25, -0.2) is 13.4 Å². The van der Waals surface area contributed by atoms with Crippen LogP contribution < -0.4 is 5.32 Å². The molecule has 5 nitrogen and oxygen atoms in total. The second-order valence-electron chi connectivity index (χ2n) is 5.09. The van der Waals surface area contributed by atoms with Gasteiger partial charge in [0.1, 0.15) is 5.82 Å². The number of aromatic nitrogens is 1. The molecule has 0 aliphatic carbocycles. The molecule has 0 aromatic carbocycles. The van der Waals surface area contributed by atoms with Crippen molar-refractivity contribution in [1.82, 2.24) is 9.88 Å². The summed E-state index contributed by atoms with van der Waals surface area (Å²) < 4.78 is 23.2. The van der Waals surface area contributed by atoms with E-state index in [2.05, 4.69) is 15.2 Å². The number of nitrogens with zero attached hydrogens (tertiary/aromatic N) is 2. The summed E-state index contributed by atoms with van der Waals surface area (Å²) in [6.45, 7) is 5.85. The Morgan fingerprint density at radius 3 is 2.90 bits per heavy atom. The highest BCUT2D eigenvalue weighted by Gasteiger charge is 2.28. The Morgan fingerprint density at radius 2 is 2.25 bits per heavy atom. The summed E-state index contributed by atoms with van der Waals surface area (Å²) in [5.41, 5.74) is 0.788. The minimum absolute atomic E-state index is 0.00518. The number of anilines is 1. The first-order valence-electron chi connectivity index (χ1n) is 6.75. The maximum Gasteiger partial charge on any atom is 0.153 e. The van der Waals surface area contributed by atoms with E-state index in [4.69, 9.17) is 11.6 Å². The van der Waals surface area contributed by atoms with Crippen LogP contribution in [0.4, 0.5) is 5.82 Å². The van der Waals surface area contributed by atoms with Crippen LogP contribution in [0.2, 0.25) is 5.02 Å². The van der Waals surface area contributed by atoms with Crippen molar-refractivity contribution >= 4 is 27.3 Å². The number of hydrogen-bond donors (Lipinski definition) is 1. The Labute approximate surface area is 125 Å². The van der Waals surface area contributed by atoms with Crippen molar-refractivity contribution in [1.29, 1.82) is 0 Å². The van der Waals surface area contributed by atoms with E-state index < -0.39 is 9.84 Å². The van der Waals surface area contributed by atoms with E-state index in [0.29, 0.717) is 18.1 Å². The third kappa shape index (κ3) is 3.84. The van der Waals surface area contributed by atoms with Crippen LogP contribution in [0.15, 0.2) is 12.1 Å². The lowest BCUT2D eigenvalue weighted by molar-refractivity contribution is 0.216. The summed E-state index contributed by atoms with van der Waals surface area (Å²) in [7, 11) is -2.89. The molecule has 0 radical (unpaired) electrons. The summed E-state index contributed by atoms with van der Waals surface area (Å²) in [6.07, 6.45) is 0. The van der Waals surface area contributed by atoms with Gasteiger partial charge in [0.05, 0.1) is 22.2 Å². The van der Waals surface area contributed by atoms with Crippen molar-refractivity contribution < 1.29 is 8.42 Å². The second kappa shape index (κ2) is 6.28. The lowest BCUT2D eigenvalue weighted by Crippen LogP contribution is -2.46. The molecule has 1 aromatic rings. The monoisotopic (exact) mass is 317 g/mol. The van der Waals surface area contributed by atoms with E-state index in [1.807, 2.05) is 26.0 Å². The first kappa shape index (κ1) is 15.5. The van der Waals surface area contributed by atoms with Gasteiger partial charge in [0.2, 0.25) is 0 Å². The van der Waals surface area contributed by atoms with Gasteiger partial charge in [-0.3, -0.25) is 4.90 Å². The molecule has 20 heavy (non-hydrogen) atoms. The molecule has 2 heterocycles. The summed E-state index contributed by atoms with van der Waals surface area (Å²) in [5.74, 6) is 1.21. The third-order valence-corrected chi connectivity index (χ3v) is 5.58. The Morgan fingerprint density at radius 1 is 1.50 bits per heavy atom. The standard InChI is InChI=1S/C13H20ClN3O2S/c1-3-15-13-5-4-11(14)12(16-13)8-17-6-7-20(18,19)9-10(17)2/h4-5,10H,3,6-9H2,1-2H3,(H,15,16). The van der Waals surface area contributed by atoms with Crippen molar-refractivity contribution in [3.05, 3.63) is 22.8 Å². The molecule has 1 aliphatic heterocycles. The number of pyridine rings is 1. The Balaban J connectivity index is 2.11. The highest BCUT2D eigenvalue weighted by molar-refractivity contribution is 7.91. The van der Waals surface area contributed by atoms with E-state index >= 15 is 0 Å². The van der Waals surface area contributed by atoms with Crippen LogP contribution in [-0.4, -0.2) is 48.9 Å². The van der Waals surface area contributed by atoms with Crippen molar-refractivity contribution in [3.63, 3.8) is 0 Å². The van der Waals surface area contributed by atoms with Crippen LogP contribution in [0, 0.1) is 0 Å². The lowest BCUT2D eigenvalue weighted by atomic mass is 10.2. The van der Waals surface area contributed by atoms with Crippen LogP contribution in [0.3, 0.4) is 0 Å². The van der Waals surface area contributed by atoms with Crippen LogP contribution in [0.25, 0.3) is 0 Å². The van der Waals surface area contributed by atoms with Crippen molar-refractivity contribution in [2.24, 2.45) is 0 Å². The molecule has 1 aromatic heterocycles. The lowest BCUT2D eigenvalue weighted by Gasteiger charge is -2.32. The zero-order valence-electron chi connectivity index (χ0n) is 11.8. The molecule has 1 saturated heterocycles. The van der Waals surface area contributed by atoms with Crippen molar-refractivity contribution in [2.75, 3.05) is 29.9 Å². The molecule has 0 saturated carbocycles. The van der Waals surface area contributed by atoms with Crippen molar-refractivity contribution in [3.8, 4) is 0 Å². The number of rotatable bonds is 4. The number of nitrogens with one attached hydrogen (secondary N) is 1. The fourth-order valence-electron chi connectivity index (χ4n) is 2.34. The maximum atomic E-state index is 11.6. The Kier molecular flexibility index (Phi) is 4.88. The molecule has 112 valence electrons. The molecule has 1 unspecified atom stereocenters. The van der Waals surface area contributed by atoms with Gasteiger partial charge >= 0.3 is 0 Å². The van der Waals surface area contributed by atoms with Gasteiger partial charge in [-0.1, -0.05) is 11.6 Å². The SMILES string of the molecule is CCNc1ccc(Cl)c(CN2CCS(=O)(=O)CC2C)n1. The molecular weight excluding hydrogens is 298 g/mol. The molecule has 7 heteroatoms. The van der Waals surface area contributed by atoms with E-state index in [-0.39, 0.29) is 17.5 Å². The molecule has 0 spiro atoms. The zero-order valence-corrected chi connectivity index (χ0v) is 13.3. The van der Waals surface area contributed by atoms with Crippen LogP contribution in [-0.2, 0) is 16.4 Å². The molecule has 2 rings (SSSR count). The van der Waals surface area contributed by atoms with Gasteiger partial charge in [-0.05, 0) is 26.0 Å². The van der Waals surface area contributed by atoms with Gasteiger partial charge in [-0.15, -0.1) is 0 Å². The molecule has 1 N–H and O–H groups in total. The average Bonchev–Trinajstić information content (AvgIpc) is 2.36. The minimum Gasteiger partial charge on any atom is -0.370 e. The normalized spacial score (nSPS) is 22.6. The average molecular weight is 318 g/mol. The zero-order chi connectivity index (χ0) is 14.8. The number of sulfone groups is 1. The number of hydrogen-bond acceptors (Lipinski definition) is 5. The molecule has 1 aliphatic rings. The second-order valence-corrected chi connectivity index (χ2v) is 7.73. The van der Waals surface area contributed by atoms with E-state index in [1.165, 1.54) is 0 Å². The van der Waals surface area contributed by atoms with Crippen molar-refractivity contribution in [2.45, 2.75) is 26.4 Å². The van der Waals surface area contributed by atoms with E-state index in [9.17, 15) is 8.42 Å². The summed E-state index contributed by atoms with van der Waals surface area (Å²) in [4.78, 5) is 6.61.